The second kappa shape index (κ2) is 4.05. The van der Waals surface area contributed by atoms with E-state index >= 15 is 0 Å². The molecule has 13 heavy (non-hydrogen) atoms. The summed E-state index contributed by atoms with van der Waals surface area (Å²) in [6.07, 6.45) is 2.14. The van der Waals surface area contributed by atoms with Crippen LogP contribution in [-0.4, -0.2) is 0 Å². The van der Waals surface area contributed by atoms with Crippen LogP contribution in [0.25, 0.3) is 10.9 Å². The van der Waals surface area contributed by atoms with Gasteiger partial charge in [0, 0.05) is 17.0 Å². The molecule has 2 rings (SSSR count). The Morgan fingerprint density at radius 2 is 1.85 bits per heavy atom. The zero-order valence-corrected chi connectivity index (χ0v) is 9.95. The molecule has 0 atom stereocenters. The highest BCUT2D eigenvalue weighted by molar-refractivity contribution is 5.75. The van der Waals surface area contributed by atoms with Crippen LogP contribution in [0.2, 0.25) is 0 Å². The molecular formula is C11H12IN. The van der Waals surface area contributed by atoms with Gasteiger partial charge in [0.25, 0.3) is 0 Å². The second-order valence-electron chi connectivity index (χ2n) is 3.19. The summed E-state index contributed by atoms with van der Waals surface area (Å²) in [6, 6.07) is 10.6. The molecule has 2 heteroatoms. The minimum atomic E-state index is 0. The number of hydrogen-bond acceptors (Lipinski definition) is 0. The summed E-state index contributed by atoms with van der Waals surface area (Å²) < 4.78 is 2.16. The molecule has 0 radical (unpaired) electrons. The lowest BCUT2D eigenvalue weighted by atomic mass is 10.2. The van der Waals surface area contributed by atoms with Gasteiger partial charge in [0.05, 0.1) is 0 Å². The topological polar surface area (TPSA) is 3.88 Å². The molecule has 0 saturated carbocycles. The first-order valence-corrected chi connectivity index (χ1v) is 4.12. The van der Waals surface area contributed by atoms with E-state index in [0.717, 1.165) is 0 Å². The van der Waals surface area contributed by atoms with E-state index in [-0.39, 0.29) is 24.0 Å². The maximum absolute atomic E-state index is 2.20. The summed E-state index contributed by atoms with van der Waals surface area (Å²) in [6.45, 7) is 2.12. The molecule has 0 aliphatic carbocycles. The molecular weight excluding hydrogens is 273 g/mol. The van der Waals surface area contributed by atoms with Gasteiger partial charge in [-0.1, -0.05) is 12.1 Å². The second-order valence-corrected chi connectivity index (χ2v) is 3.19. The van der Waals surface area contributed by atoms with E-state index in [1.54, 1.807) is 0 Å². The number of aryl methyl sites for hydroxylation is 2. The van der Waals surface area contributed by atoms with Gasteiger partial charge in [-0.05, 0) is 19.1 Å². The number of para-hydroxylation sites is 1. The zero-order chi connectivity index (χ0) is 8.55. The fourth-order valence-corrected chi connectivity index (χ4v) is 1.59. The fourth-order valence-electron chi connectivity index (χ4n) is 1.59. The van der Waals surface area contributed by atoms with Gasteiger partial charge in [0.1, 0.15) is 7.05 Å². The molecule has 0 aliphatic rings. The van der Waals surface area contributed by atoms with Crippen LogP contribution in [0.1, 0.15) is 5.56 Å². The van der Waals surface area contributed by atoms with Crippen molar-refractivity contribution in [3.8, 4) is 0 Å². The Morgan fingerprint density at radius 3 is 2.62 bits per heavy atom. The maximum atomic E-state index is 2.20. The van der Waals surface area contributed by atoms with Crippen molar-refractivity contribution in [1.82, 2.24) is 0 Å². The van der Waals surface area contributed by atoms with Crippen LogP contribution in [0.15, 0.2) is 36.5 Å². The normalized spacial score (nSPS) is 9.69. The van der Waals surface area contributed by atoms with Crippen molar-refractivity contribution in [1.29, 1.82) is 0 Å². The molecule has 1 aromatic heterocycles. The molecule has 1 aromatic carbocycles. The standard InChI is InChI=1S/C11H12N.HI/c1-9-7-10-5-3-4-6-11(10)12(2)8-9;/h3-8H,1-2H3;1H/q+1;/p-1. The lowest BCUT2D eigenvalue weighted by Crippen LogP contribution is -3.00. The lowest BCUT2D eigenvalue weighted by molar-refractivity contribution is -0.645. The Balaban J connectivity index is 0.000000845. The zero-order valence-electron chi connectivity index (χ0n) is 7.79. The highest BCUT2D eigenvalue weighted by Crippen LogP contribution is 2.09. The SMILES string of the molecule is Cc1cc2ccccc2[n+](C)c1.[I-]. The van der Waals surface area contributed by atoms with Gasteiger partial charge < -0.3 is 24.0 Å². The van der Waals surface area contributed by atoms with Gasteiger partial charge in [-0.2, -0.15) is 0 Å². The number of nitrogens with zero attached hydrogens (tertiary/aromatic N) is 1. The molecule has 0 spiro atoms. The largest absolute Gasteiger partial charge is 1.00 e. The van der Waals surface area contributed by atoms with E-state index in [1.807, 2.05) is 0 Å². The number of halogens is 1. The minimum Gasteiger partial charge on any atom is -1.00 e. The van der Waals surface area contributed by atoms with Crippen molar-refractivity contribution in [2.75, 3.05) is 0 Å². The summed E-state index contributed by atoms with van der Waals surface area (Å²) in [5.41, 5.74) is 2.58. The molecule has 0 fully saturated rings. The van der Waals surface area contributed by atoms with Crippen LogP contribution in [0.3, 0.4) is 0 Å². The maximum Gasteiger partial charge on any atom is 0.212 e. The average Bonchev–Trinajstić information content (AvgIpc) is 2.04. The Morgan fingerprint density at radius 1 is 1.15 bits per heavy atom. The van der Waals surface area contributed by atoms with E-state index in [1.165, 1.54) is 16.5 Å². The lowest BCUT2D eigenvalue weighted by Gasteiger charge is -1.96. The molecule has 2 aromatic rings. The number of hydrogen-bond donors (Lipinski definition) is 0. The highest BCUT2D eigenvalue weighted by Gasteiger charge is 2.02. The van der Waals surface area contributed by atoms with Crippen LogP contribution in [-0.2, 0) is 7.05 Å². The van der Waals surface area contributed by atoms with Gasteiger partial charge >= 0.3 is 0 Å². The van der Waals surface area contributed by atoms with Gasteiger partial charge in [-0.25, -0.2) is 4.57 Å². The molecule has 0 aliphatic heterocycles. The number of fused-ring (bicyclic) bond motifs is 1. The van der Waals surface area contributed by atoms with Crippen molar-refractivity contribution in [3.05, 3.63) is 42.1 Å². The van der Waals surface area contributed by atoms with E-state index in [2.05, 4.69) is 55.1 Å². The first-order chi connectivity index (χ1) is 5.77. The number of aromatic nitrogens is 1. The predicted octanol–water partition coefficient (Wildman–Crippen LogP) is -1.02. The van der Waals surface area contributed by atoms with Crippen molar-refractivity contribution >= 4 is 10.9 Å². The van der Waals surface area contributed by atoms with Crippen LogP contribution in [0.4, 0.5) is 0 Å². The summed E-state index contributed by atoms with van der Waals surface area (Å²) in [5.74, 6) is 0. The van der Waals surface area contributed by atoms with Crippen molar-refractivity contribution in [2.24, 2.45) is 7.05 Å². The third kappa shape index (κ3) is 1.99. The van der Waals surface area contributed by atoms with Crippen molar-refractivity contribution in [3.63, 3.8) is 0 Å². The minimum absolute atomic E-state index is 0. The molecule has 0 N–H and O–H groups in total. The Kier molecular flexibility index (Phi) is 3.25. The van der Waals surface area contributed by atoms with E-state index in [0.29, 0.717) is 0 Å². The quantitative estimate of drug-likeness (QED) is 0.431. The number of benzene rings is 1. The molecule has 0 amide bonds. The molecule has 1 heterocycles. The molecule has 1 nitrogen and oxygen atoms in total. The third-order valence-corrected chi connectivity index (χ3v) is 2.10. The first-order valence-electron chi connectivity index (χ1n) is 4.12. The summed E-state index contributed by atoms with van der Waals surface area (Å²) in [7, 11) is 2.08. The van der Waals surface area contributed by atoms with E-state index in [9.17, 15) is 0 Å². The summed E-state index contributed by atoms with van der Waals surface area (Å²) >= 11 is 0. The van der Waals surface area contributed by atoms with Crippen LogP contribution in [0.5, 0.6) is 0 Å². The summed E-state index contributed by atoms with van der Waals surface area (Å²) in [5, 5.41) is 1.31. The van der Waals surface area contributed by atoms with Gasteiger partial charge in [0.2, 0.25) is 5.52 Å². The number of pyridine rings is 1. The van der Waals surface area contributed by atoms with Gasteiger partial charge in [0.15, 0.2) is 6.20 Å². The van der Waals surface area contributed by atoms with Crippen molar-refractivity contribution in [2.45, 2.75) is 6.92 Å². The third-order valence-electron chi connectivity index (χ3n) is 2.10. The molecule has 0 bridgehead atoms. The molecule has 68 valence electrons. The predicted molar refractivity (Wildman–Crippen MR) is 49.9 cm³/mol. The van der Waals surface area contributed by atoms with E-state index in [4.69, 9.17) is 0 Å². The Labute approximate surface area is 95.4 Å². The Bertz CT molecular complexity index is 423. The Hall–Kier alpha value is -0.640. The van der Waals surface area contributed by atoms with Crippen LogP contribution >= 0.6 is 0 Å². The van der Waals surface area contributed by atoms with Gasteiger partial charge in [-0.15, -0.1) is 0 Å². The first kappa shape index (κ1) is 10.4. The highest BCUT2D eigenvalue weighted by atomic mass is 127. The van der Waals surface area contributed by atoms with Gasteiger partial charge in [-0.3, -0.25) is 0 Å². The van der Waals surface area contributed by atoms with E-state index < -0.39 is 0 Å². The number of rotatable bonds is 0. The monoisotopic (exact) mass is 285 g/mol. The summed E-state index contributed by atoms with van der Waals surface area (Å²) in [4.78, 5) is 0. The fraction of sp³-hybridized carbons (Fsp3) is 0.182. The molecule has 0 saturated heterocycles. The molecule has 0 unspecified atom stereocenters. The average molecular weight is 285 g/mol. The smallest absolute Gasteiger partial charge is 0.212 e. The van der Waals surface area contributed by atoms with Crippen LogP contribution < -0.4 is 28.5 Å². The van der Waals surface area contributed by atoms with Crippen LogP contribution in [0, 0.1) is 6.92 Å². The van der Waals surface area contributed by atoms with Crippen molar-refractivity contribution < 1.29 is 28.5 Å².